The fourth-order valence-electron chi connectivity index (χ4n) is 4.25. The standard InChI is InChI=1S/C17H29N7OS/c18-17(22-23-19)16-14(2-1-3-15(16)26(20)25)12-4-6-13(7-5-12)24-10-8-21-9-11-24/h1-3,12-13,21,23H,4-11,19-20H2,(H2,18,22). The third-order valence-electron chi connectivity index (χ3n) is 5.52. The summed E-state index contributed by atoms with van der Waals surface area (Å²) in [7, 11) is -1.63. The summed E-state index contributed by atoms with van der Waals surface area (Å²) in [6.45, 7) is 4.41. The van der Waals surface area contributed by atoms with Crippen LogP contribution >= 0.6 is 0 Å². The lowest BCUT2D eigenvalue weighted by molar-refractivity contribution is 0.133. The molecule has 9 heteroatoms. The van der Waals surface area contributed by atoms with Gasteiger partial charge in [-0.1, -0.05) is 12.1 Å². The Labute approximate surface area is 157 Å². The Bertz CT molecular complexity index is 667. The zero-order chi connectivity index (χ0) is 18.5. The van der Waals surface area contributed by atoms with Crippen LogP contribution in [-0.2, 0) is 11.0 Å². The SMILES string of the molecule is NN/N=C(\N)c1c(C2CCC(N3CCNCC3)CC2)cccc1S(N)=O. The van der Waals surface area contributed by atoms with Gasteiger partial charge in [-0.05, 0) is 43.2 Å². The molecule has 26 heavy (non-hydrogen) atoms. The summed E-state index contributed by atoms with van der Waals surface area (Å²) in [6, 6.07) is 6.32. The summed E-state index contributed by atoms with van der Waals surface area (Å²) in [6.07, 6.45) is 4.47. The van der Waals surface area contributed by atoms with Crippen molar-refractivity contribution >= 4 is 16.8 Å². The molecule has 2 fully saturated rings. The molecule has 1 aromatic rings. The van der Waals surface area contributed by atoms with E-state index in [1.54, 1.807) is 6.07 Å². The zero-order valence-electron chi connectivity index (χ0n) is 15.0. The zero-order valence-corrected chi connectivity index (χ0v) is 15.8. The van der Waals surface area contributed by atoms with E-state index in [0.29, 0.717) is 22.4 Å². The summed E-state index contributed by atoms with van der Waals surface area (Å²) in [5.74, 6) is 5.87. The number of hydrazone groups is 1. The van der Waals surface area contributed by atoms with Crippen molar-refractivity contribution in [3.63, 3.8) is 0 Å². The molecule has 0 bridgehead atoms. The second-order valence-corrected chi connectivity index (χ2v) is 7.97. The number of hydrogen-bond acceptors (Lipinski definition) is 6. The van der Waals surface area contributed by atoms with Gasteiger partial charge >= 0.3 is 0 Å². The lowest BCUT2D eigenvalue weighted by Gasteiger charge is -2.39. The van der Waals surface area contributed by atoms with Crippen LogP contribution in [-0.4, -0.2) is 47.2 Å². The van der Waals surface area contributed by atoms with E-state index < -0.39 is 11.0 Å². The summed E-state index contributed by atoms with van der Waals surface area (Å²) in [4.78, 5) is 3.11. The van der Waals surface area contributed by atoms with Gasteiger partial charge < -0.3 is 11.1 Å². The van der Waals surface area contributed by atoms with Crippen molar-refractivity contribution in [2.45, 2.75) is 42.5 Å². The molecule has 1 atom stereocenters. The first-order chi connectivity index (χ1) is 12.6. The Kier molecular flexibility index (Phi) is 6.60. The van der Waals surface area contributed by atoms with Gasteiger partial charge in [0.05, 0.1) is 4.90 Å². The molecular formula is C17H29N7OS. The third-order valence-corrected chi connectivity index (χ3v) is 6.29. The van der Waals surface area contributed by atoms with Crippen LogP contribution in [0.5, 0.6) is 0 Å². The van der Waals surface area contributed by atoms with Crippen molar-refractivity contribution in [1.82, 2.24) is 15.8 Å². The van der Waals surface area contributed by atoms with Crippen LogP contribution in [0.15, 0.2) is 28.2 Å². The Morgan fingerprint density at radius 1 is 1.23 bits per heavy atom. The van der Waals surface area contributed by atoms with Gasteiger partial charge in [0, 0.05) is 37.8 Å². The maximum atomic E-state index is 12.0. The number of rotatable bonds is 5. The van der Waals surface area contributed by atoms with Gasteiger partial charge in [-0.15, -0.1) is 5.10 Å². The molecule has 1 aromatic carbocycles. The molecule has 1 aliphatic carbocycles. The highest BCUT2D eigenvalue weighted by atomic mass is 32.2. The van der Waals surface area contributed by atoms with Gasteiger partial charge in [-0.25, -0.2) is 20.7 Å². The number of nitrogens with one attached hydrogen (secondary N) is 2. The van der Waals surface area contributed by atoms with E-state index in [1.807, 2.05) is 12.1 Å². The molecule has 2 aliphatic rings. The number of hydrazine groups is 1. The quantitative estimate of drug-likeness (QED) is 0.206. The average molecular weight is 380 g/mol. The van der Waals surface area contributed by atoms with E-state index >= 15 is 0 Å². The van der Waals surface area contributed by atoms with Crippen LogP contribution in [0.3, 0.4) is 0 Å². The summed E-state index contributed by atoms with van der Waals surface area (Å²) < 4.78 is 12.0. The maximum absolute atomic E-state index is 12.0. The van der Waals surface area contributed by atoms with Crippen LogP contribution in [0.2, 0.25) is 0 Å². The lowest BCUT2D eigenvalue weighted by Crippen LogP contribution is -2.49. The third kappa shape index (κ3) is 4.24. The van der Waals surface area contributed by atoms with E-state index in [9.17, 15) is 4.21 Å². The van der Waals surface area contributed by atoms with Crippen LogP contribution in [0.1, 0.15) is 42.7 Å². The topological polar surface area (TPSA) is 135 Å². The maximum Gasteiger partial charge on any atom is 0.153 e. The summed E-state index contributed by atoms with van der Waals surface area (Å²) in [5.41, 5.74) is 10.1. The number of nitrogens with two attached hydrogens (primary N) is 3. The van der Waals surface area contributed by atoms with Crippen molar-refractivity contribution in [2.75, 3.05) is 26.2 Å². The highest BCUT2D eigenvalue weighted by molar-refractivity contribution is 7.82. The Morgan fingerprint density at radius 2 is 1.92 bits per heavy atom. The van der Waals surface area contributed by atoms with Gasteiger partial charge in [0.2, 0.25) is 0 Å². The van der Waals surface area contributed by atoms with Crippen molar-refractivity contribution in [2.24, 2.45) is 21.8 Å². The molecule has 1 saturated carbocycles. The second kappa shape index (κ2) is 8.92. The van der Waals surface area contributed by atoms with E-state index in [1.165, 1.54) is 0 Å². The molecule has 0 aromatic heterocycles. The minimum absolute atomic E-state index is 0.223. The van der Waals surface area contributed by atoms with Crippen molar-refractivity contribution in [1.29, 1.82) is 0 Å². The molecule has 3 rings (SSSR count). The van der Waals surface area contributed by atoms with E-state index in [4.69, 9.17) is 16.7 Å². The van der Waals surface area contributed by atoms with Crippen LogP contribution < -0.4 is 27.6 Å². The van der Waals surface area contributed by atoms with Crippen molar-refractivity contribution in [3.8, 4) is 0 Å². The average Bonchev–Trinajstić information content (AvgIpc) is 2.68. The molecule has 0 amide bonds. The predicted octanol–water partition coefficient (Wildman–Crippen LogP) is -0.317. The fraction of sp³-hybridized carbons (Fsp3) is 0.588. The second-order valence-electron chi connectivity index (χ2n) is 6.94. The number of hydrogen-bond donors (Lipinski definition) is 5. The van der Waals surface area contributed by atoms with Gasteiger partial charge in [-0.2, -0.15) is 0 Å². The molecule has 0 spiro atoms. The first kappa shape index (κ1) is 19.2. The molecule has 8 N–H and O–H groups in total. The summed E-state index contributed by atoms with van der Waals surface area (Å²) in [5, 5.41) is 13.0. The Hall–Kier alpha value is -1.52. The minimum atomic E-state index is -1.63. The monoisotopic (exact) mass is 379 g/mol. The molecule has 1 saturated heterocycles. The number of nitrogens with zero attached hydrogens (tertiary/aromatic N) is 2. The number of amidine groups is 1. The number of piperazine rings is 1. The van der Waals surface area contributed by atoms with Gasteiger partial charge in [0.1, 0.15) is 11.0 Å². The smallest absolute Gasteiger partial charge is 0.153 e. The van der Waals surface area contributed by atoms with Crippen LogP contribution in [0.25, 0.3) is 0 Å². The van der Waals surface area contributed by atoms with Crippen LogP contribution in [0.4, 0.5) is 0 Å². The fourth-order valence-corrected chi connectivity index (χ4v) is 4.89. The van der Waals surface area contributed by atoms with Gasteiger partial charge in [0.25, 0.3) is 0 Å². The largest absolute Gasteiger partial charge is 0.382 e. The predicted molar refractivity (Wildman–Crippen MR) is 105 cm³/mol. The molecular weight excluding hydrogens is 350 g/mol. The van der Waals surface area contributed by atoms with E-state index in [-0.39, 0.29) is 5.84 Å². The molecule has 0 radical (unpaired) electrons. The molecule has 1 heterocycles. The minimum Gasteiger partial charge on any atom is -0.382 e. The van der Waals surface area contributed by atoms with Crippen LogP contribution in [0, 0.1) is 0 Å². The highest BCUT2D eigenvalue weighted by Gasteiger charge is 2.29. The molecule has 144 valence electrons. The van der Waals surface area contributed by atoms with Crippen molar-refractivity contribution in [3.05, 3.63) is 29.3 Å². The molecule has 1 aliphatic heterocycles. The van der Waals surface area contributed by atoms with E-state index in [0.717, 1.165) is 57.4 Å². The normalized spacial score (nSPS) is 26.5. The first-order valence-electron chi connectivity index (χ1n) is 9.14. The lowest BCUT2D eigenvalue weighted by atomic mass is 9.79. The number of benzene rings is 1. The molecule has 8 nitrogen and oxygen atoms in total. The first-order valence-corrected chi connectivity index (χ1v) is 10.4. The van der Waals surface area contributed by atoms with Crippen molar-refractivity contribution < 1.29 is 4.21 Å². The molecule has 1 unspecified atom stereocenters. The Morgan fingerprint density at radius 3 is 2.54 bits per heavy atom. The van der Waals surface area contributed by atoms with E-state index in [2.05, 4.69) is 20.9 Å². The Balaban J connectivity index is 1.80. The van der Waals surface area contributed by atoms with Gasteiger partial charge in [-0.3, -0.25) is 4.90 Å². The highest BCUT2D eigenvalue weighted by Crippen LogP contribution is 2.37. The van der Waals surface area contributed by atoms with Gasteiger partial charge in [0.15, 0.2) is 5.84 Å². The summed E-state index contributed by atoms with van der Waals surface area (Å²) >= 11 is 0.